The number of aromatic hydroxyl groups is 1. The van der Waals surface area contributed by atoms with Gasteiger partial charge in [0, 0.05) is 19.2 Å². The predicted octanol–water partition coefficient (Wildman–Crippen LogP) is 1.24. The molecule has 1 heterocycles. The number of H-pyrrole nitrogens is 1. The van der Waals surface area contributed by atoms with Gasteiger partial charge in [0.05, 0.1) is 11.9 Å². The highest BCUT2D eigenvalue weighted by atomic mass is 32.2. The summed E-state index contributed by atoms with van der Waals surface area (Å²) in [5.41, 5.74) is 1.04. The number of hydrogen-bond acceptors (Lipinski definition) is 4. The van der Waals surface area contributed by atoms with Gasteiger partial charge in [0.15, 0.2) is 0 Å². The van der Waals surface area contributed by atoms with E-state index in [0.717, 1.165) is 0 Å². The number of phenolic OH excluding ortho intramolecular Hbond substituents is 1. The molecule has 6 nitrogen and oxygen atoms in total. The average Bonchev–Trinajstić information content (AvgIpc) is 2.79. The van der Waals surface area contributed by atoms with E-state index in [1.165, 1.54) is 23.6 Å². The third-order valence-corrected chi connectivity index (χ3v) is 4.77. The molecule has 102 valence electrons. The SMILES string of the molecule is Cc1[nH]ncc1S(=O)(=O)N(C)Cc1ccccc1O. The van der Waals surface area contributed by atoms with Crippen molar-refractivity contribution in [1.29, 1.82) is 0 Å². The Kier molecular flexibility index (Phi) is 3.59. The number of aromatic nitrogens is 2. The summed E-state index contributed by atoms with van der Waals surface area (Å²) in [6.07, 6.45) is 1.28. The highest BCUT2D eigenvalue weighted by Gasteiger charge is 2.24. The number of hydrogen-bond donors (Lipinski definition) is 2. The Morgan fingerprint density at radius 2 is 2.05 bits per heavy atom. The lowest BCUT2D eigenvalue weighted by molar-refractivity contribution is 0.435. The number of aryl methyl sites for hydroxylation is 1. The fourth-order valence-corrected chi connectivity index (χ4v) is 3.00. The van der Waals surface area contributed by atoms with Gasteiger partial charge < -0.3 is 5.11 Å². The maximum atomic E-state index is 12.3. The van der Waals surface area contributed by atoms with Gasteiger partial charge in [0.25, 0.3) is 0 Å². The van der Waals surface area contributed by atoms with E-state index >= 15 is 0 Å². The topological polar surface area (TPSA) is 86.3 Å². The maximum Gasteiger partial charge on any atom is 0.246 e. The molecule has 0 fully saturated rings. The molecule has 0 aliphatic heterocycles. The quantitative estimate of drug-likeness (QED) is 0.883. The number of para-hydroxylation sites is 1. The number of nitrogens with one attached hydrogen (secondary N) is 1. The van der Waals surface area contributed by atoms with Gasteiger partial charge in [-0.15, -0.1) is 0 Å². The van der Waals surface area contributed by atoms with Crippen molar-refractivity contribution in [1.82, 2.24) is 14.5 Å². The first kappa shape index (κ1) is 13.6. The summed E-state index contributed by atoms with van der Waals surface area (Å²) in [6.45, 7) is 1.74. The van der Waals surface area contributed by atoms with Crippen LogP contribution in [0, 0.1) is 6.92 Å². The Morgan fingerprint density at radius 3 is 2.63 bits per heavy atom. The lowest BCUT2D eigenvalue weighted by Crippen LogP contribution is -2.26. The summed E-state index contributed by atoms with van der Waals surface area (Å²) in [5.74, 6) is 0.0773. The Bertz CT molecular complexity index is 679. The summed E-state index contributed by atoms with van der Waals surface area (Å²) in [5, 5.41) is 16.0. The van der Waals surface area contributed by atoms with Crippen LogP contribution >= 0.6 is 0 Å². The lowest BCUT2D eigenvalue weighted by Gasteiger charge is -2.17. The number of sulfonamides is 1. The molecule has 0 unspecified atom stereocenters. The van der Waals surface area contributed by atoms with Crippen molar-refractivity contribution in [3.63, 3.8) is 0 Å². The Morgan fingerprint density at radius 1 is 1.37 bits per heavy atom. The average molecular weight is 281 g/mol. The van der Waals surface area contributed by atoms with Crippen molar-refractivity contribution < 1.29 is 13.5 Å². The second-order valence-electron chi connectivity index (χ2n) is 4.25. The van der Waals surface area contributed by atoms with Crippen molar-refractivity contribution >= 4 is 10.0 Å². The Balaban J connectivity index is 2.28. The fourth-order valence-electron chi connectivity index (χ4n) is 1.74. The summed E-state index contributed by atoms with van der Waals surface area (Å²) in [6, 6.07) is 6.65. The highest BCUT2D eigenvalue weighted by molar-refractivity contribution is 7.89. The molecular formula is C12H15N3O3S. The minimum Gasteiger partial charge on any atom is -0.508 e. The molecule has 0 radical (unpaired) electrons. The first-order chi connectivity index (χ1) is 8.93. The van der Waals surface area contributed by atoms with Crippen LogP contribution in [0.2, 0.25) is 0 Å². The van der Waals surface area contributed by atoms with Gasteiger partial charge in [-0.05, 0) is 13.0 Å². The minimum atomic E-state index is -3.61. The van der Waals surface area contributed by atoms with E-state index in [9.17, 15) is 13.5 Å². The van der Waals surface area contributed by atoms with E-state index in [4.69, 9.17) is 0 Å². The second kappa shape index (κ2) is 5.02. The molecule has 7 heteroatoms. The van der Waals surface area contributed by atoms with Crippen molar-refractivity contribution in [2.24, 2.45) is 0 Å². The summed E-state index contributed by atoms with van der Waals surface area (Å²) in [4.78, 5) is 0.144. The van der Waals surface area contributed by atoms with Gasteiger partial charge in [-0.3, -0.25) is 5.10 Å². The fraction of sp³-hybridized carbons (Fsp3) is 0.250. The molecule has 0 saturated carbocycles. The maximum absolute atomic E-state index is 12.3. The van der Waals surface area contributed by atoms with E-state index in [-0.39, 0.29) is 17.2 Å². The van der Waals surface area contributed by atoms with Crippen LogP contribution in [-0.2, 0) is 16.6 Å². The van der Waals surface area contributed by atoms with Gasteiger partial charge in [0.2, 0.25) is 10.0 Å². The van der Waals surface area contributed by atoms with E-state index in [2.05, 4.69) is 10.2 Å². The van der Waals surface area contributed by atoms with Crippen LogP contribution in [0.4, 0.5) is 0 Å². The van der Waals surface area contributed by atoms with Crippen LogP contribution in [0.1, 0.15) is 11.3 Å². The van der Waals surface area contributed by atoms with Crippen LogP contribution in [0.15, 0.2) is 35.4 Å². The number of nitrogens with zero attached hydrogens (tertiary/aromatic N) is 2. The molecule has 2 N–H and O–H groups in total. The predicted molar refractivity (Wildman–Crippen MR) is 70.1 cm³/mol. The molecule has 0 spiro atoms. The van der Waals surface area contributed by atoms with Crippen LogP contribution < -0.4 is 0 Å². The third-order valence-electron chi connectivity index (χ3n) is 2.86. The lowest BCUT2D eigenvalue weighted by atomic mass is 10.2. The Labute approximate surface area is 111 Å². The zero-order chi connectivity index (χ0) is 14.0. The standard InChI is InChI=1S/C12H15N3O3S/c1-9-12(7-13-14-9)19(17,18)15(2)8-10-5-3-4-6-11(10)16/h3-7,16H,8H2,1-2H3,(H,13,14). The van der Waals surface area contributed by atoms with Gasteiger partial charge in [-0.25, -0.2) is 8.42 Å². The number of benzene rings is 1. The largest absolute Gasteiger partial charge is 0.508 e. The van der Waals surface area contributed by atoms with E-state index in [1.54, 1.807) is 25.1 Å². The molecule has 0 aliphatic rings. The van der Waals surface area contributed by atoms with Crippen LogP contribution in [-0.4, -0.2) is 35.1 Å². The van der Waals surface area contributed by atoms with Crippen LogP contribution in [0.5, 0.6) is 5.75 Å². The number of phenols is 1. The molecule has 19 heavy (non-hydrogen) atoms. The zero-order valence-electron chi connectivity index (χ0n) is 10.7. The minimum absolute atomic E-state index is 0.0773. The first-order valence-corrected chi connectivity index (χ1v) is 7.10. The van der Waals surface area contributed by atoms with Crippen LogP contribution in [0.25, 0.3) is 0 Å². The molecule has 0 amide bonds. The molecule has 0 atom stereocenters. The van der Waals surface area contributed by atoms with Gasteiger partial charge >= 0.3 is 0 Å². The van der Waals surface area contributed by atoms with E-state index in [0.29, 0.717) is 11.3 Å². The van der Waals surface area contributed by atoms with E-state index in [1.807, 2.05) is 0 Å². The van der Waals surface area contributed by atoms with Crippen molar-refractivity contribution in [2.75, 3.05) is 7.05 Å². The normalized spacial score (nSPS) is 11.9. The van der Waals surface area contributed by atoms with Crippen molar-refractivity contribution in [2.45, 2.75) is 18.4 Å². The van der Waals surface area contributed by atoms with E-state index < -0.39 is 10.0 Å². The molecule has 1 aromatic heterocycles. The zero-order valence-corrected chi connectivity index (χ0v) is 11.5. The molecule has 0 aliphatic carbocycles. The molecular weight excluding hydrogens is 266 g/mol. The molecule has 2 aromatic rings. The second-order valence-corrected chi connectivity index (χ2v) is 6.26. The highest BCUT2D eigenvalue weighted by Crippen LogP contribution is 2.22. The van der Waals surface area contributed by atoms with Crippen molar-refractivity contribution in [3.05, 3.63) is 41.7 Å². The smallest absolute Gasteiger partial charge is 0.246 e. The first-order valence-electron chi connectivity index (χ1n) is 5.66. The molecule has 2 rings (SSSR count). The molecule has 1 aromatic carbocycles. The van der Waals surface area contributed by atoms with Crippen molar-refractivity contribution in [3.8, 4) is 5.75 Å². The summed E-state index contributed by atoms with van der Waals surface area (Å²) in [7, 11) is -2.15. The summed E-state index contributed by atoms with van der Waals surface area (Å²) >= 11 is 0. The Hall–Kier alpha value is -1.86. The summed E-state index contributed by atoms with van der Waals surface area (Å²) < 4.78 is 25.8. The van der Waals surface area contributed by atoms with Gasteiger partial charge in [-0.2, -0.15) is 9.40 Å². The monoisotopic (exact) mass is 281 g/mol. The third kappa shape index (κ3) is 2.61. The number of aromatic amines is 1. The van der Waals surface area contributed by atoms with Gasteiger partial charge in [-0.1, -0.05) is 18.2 Å². The number of rotatable bonds is 4. The molecule has 0 saturated heterocycles. The molecule has 0 bridgehead atoms. The van der Waals surface area contributed by atoms with Gasteiger partial charge in [0.1, 0.15) is 10.6 Å². The van der Waals surface area contributed by atoms with Crippen LogP contribution in [0.3, 0.4) is 0 Å².